The zero-order valence-electron chi connectivity index (χ0n) is 9.43. The number of aliphatic carboxylic acids is 2. The molecule has 0 rings (SSSR count). The molecule has 16 heavy (non-hydrogen) atoms. The summed E-state index contributed by atoms with van der Waals surface area (Å²) in [6.45, 7) is 2.02. The quantitative estimate of drug-likeness (QED) is 0.368. The summed E-state index contributed by atoms with van der Waals surface area (Å²) >= 11 is 0. The molecule has 0 aromatic carbocycles. The van der Waals surface area contributed by atoms with Gasteiger partial charge in [0.2, 0.25) is 0 Å². The van der Waals surface area contributed by atoms with Gasteiger partial charge in [-0.05, 0) is 26.3 Å². The summed E-state index contributed by atoms with van der Waals surface area (Å²) in [7, 11) is 0. The molecule has 0 heterocycles. The van der Waals surface area contributed by atoms with Gasteiger partial charge in [0.05, 0.1) is 0 Å². The van der Waals surface area contributed by atoms with Crippen molar-refractivity contribution < 1.29 is 19.8 Å². The van der Waals surface area contributed by atoms with Crippen molar-refractivity contribution >= 4 is 11.9 Å². The van der Waals surface area contributed by atoms with Crippen molar-refractivity contribution in [2.45, 2.75) is 38.3 Å². The molecule has 2 atom stereocenters. The fraction of sp³-hybridized carbons (Fsp3) is 0.778. The fourth-order valence-electron chi connectivity index (χ4n) is 0.632. The van der Waals surface area contributed by atoms with Crippen LogP contribution < -0.4 is 17.2 Å². The lowest BCUT2D eigenvalue weighted by Crippen LogP contribution is -2.29. The summed E-state index contributed by atoms with van der Waals surface area (Å²) in [5, 5.41) is 16.2. The second-order valence-corrected chi connectivity index (χ2v) is 3.36. The van der Waals surface area contributed by atoms with E-state index in [0.717, 1.165) is 12.8 Å². The van der Waals surface area contributed by atoms with E-state index in [2.05, 4.69) is 0 Å². The molecule has 0 amide bonds. The Hall–Kier alpha value is -1.18. The number of hydrogen-bond donors (Lipinski definition) is 5. The fourth-order valence-corrected chi connectivity index (χ4v) is 0.632. The third-order valence-corrected chi connectivity index (χ3v) is 1.68. The van der Waals surface area contributed by atoms with E-state index >= 15 is 0 Å². The van der Waals surface area contributed by atoms with Crippen LogP contribution in [0.25, 0.3) is 0 Å². The minimum absolute atomic E-state index is 0.520. The van der Waals surface area contributed by atoms with Crippen LogP contribution >= 0.6 is 0 Å². The molecule has 0 aromatic rings. The van der Waals surface area contributed by atoms with Crippen molar-refractivity contribution in [2.75, 3.05) is 6.54 Å². The number of hydrogen-bond acceptors (Lipinski definition) is 5. The highest BCUT2D eigenvalue weighted by Gasteiger charge is 2.09. The van der Waals surface area contributed by atoms with Crippen LogP contribution in [0.3, 0.4) is 0 Å². The third-order valence-electron chi connectivity index (χ3n) is 1.68. The summed E-state index contributed by atoms with van der Waals surface area (Å²) in [4.78, 5) is 19.7. The van der Waals surface area contributed by atoms with Crippen molar-refractivity contribution in [3.05, 3.63) is 0 Å². The lowest BCUT2D eigenvalue weighted by atomic mass is 10.1. The smallest absolute Gasteiger partial charge is 0.320 e. The van der Waals surface area contributed by atoms with Gasteiger partial charge in [-0.2, -0.15) is 0 Å². The molecule has 0 saturated carbocycles. The van der Waals surface area contributed by atoms with Gasteiger partial charge in [0, 0.05) is 0 Å². The van der Waals surface area contributed by atoms with Gasteiger partial charge in [-0.3, -0.25) is 9.59 Å². The van der Waals surface area contributed by atoms with E-state index in [-0.39, 0.29) is 0 Å². The number of nitrogens with two attached hydrogens (primary N) is 3. The SMILES string of the molecule is C[C@@H](N)C(=O)O.NCCCC[C@@H](N)C(=O)O. The minimum Gasteiger partial charge on any atom is -0.480 e. The van der Waals surface area contributed by atoms with Crippen LogP contribution in [0.2, 0.25) is 0 Å². The lowest BCUT2D eigenvalue weighted by molar-refractivity contribution is -0.139. The Morgan fingerprint density at radius 2 is 1.56 bits per heavy atom. The average Bonchev–Trinajstić information content (AvgIpc) is 2.18. The second kappa shape index (κ2) is 10.3. The second-order valence-electron chi connectivity index (χ2n) is 3.36. The van der Waals surface area contributed by atoms with Gasteiger partial charge in [0.1, 0.15) is 12.1 Å². The van der Waals surface area contributed by atoms with E-state index in [0.29, 0.717) is 13.0 Å². The molecule has 7 heteroatoms. The Labute approximate surface area is 94.6 Å². The first-order chi connectivity index (χ1) is 7.32. The van der Waals surface area contributed by atoms with Gasteiger partial charge in [0.15, 0.2) is 0 Å². The lowest BCUT2D eigenvalue weighted by Gasteiger charge is -2.03. The number of carboxylic acids is 2. The molecule has 0 saturated heterocycles. The van der Waals surface area contributed by atoms with Crippen molar-refractivity contribution in [1.82, 2.24) is 0 Å². The molecule has 0 unspecified atom stereocenters. The van der Waals surface area contributed by atoms with Gasteiger partial charge in [-0.1, -0.05) is 6.42 Å². The highest BCUT2D eigenvalue weighted by Crippen LogP contribution is 1.96. The molecule has 0 spiro atoms. The van der Waals surface area contributed by atoms with Crippen LogP contribution in [0.4, 0.5) is 0 Å². The van der Waals surface area contributed by atoms with Crippen LogP contribution in [-0.4, -0.2) is 40.8 Å². The summed E-state index contributed by atoms with van der Waals surface area (Å²) < 4.78 is 0. The zero-order chi connectivity index (χ0) is 13.1. The van der Waals surface area contributed by atoms with E-state index in [1.54, 1.807) is 0 Å². The normalized spacial score (nSPS) is 13.2. The largest absolute Gasteiger partial charge is 0.480 e. The number of rotatable bonds is 6. The summed E-state index contributed by atoms with van der Waals surface area (Å²) in [6, 6.07) is -1.45. The van der Waals surface area contributed by atoms with Gasteiger partial charge >= 0.3 is 11.9 Å². The molecule has 0 radical (unpaired) electrons. The van der Waals surface area contributed by atoms with Crippen molar-refractivity contribution in [1.29, 1.82) is 0 Å². The molecule has 0 aliphatic rings. The predicted octanol–water partition coefficient (Wildman–Crippen LogP) is -1.05. The van der Waals surface area contributed by atoms with Gasteiger partial charge < -0.3 is 27.4 Å². The highest BCUT2D eigenvalue weighted by atomic mass is 16.4. The highest BCUT2D eigenvalue weighted by molar-refractivity contribution is 5.73. The first-order valence-electron chi connectivity index (χ1n) is 4.99. The molecule has 0 bridgehead atoms. The first-order valence-corrected chi connectivity index (χ1v) is 4.99. The average molecular weight is 235 g/mol. The molecule has 7 nitrogen and oxygen atoms in total. The monoisotopic (exact) mass is 235 g/mol. The molecule has 8 N–H and O–H groups in total. The van der Waals surface area contributed by atoms with Crippen molar-refractivity contribution in [3.63, 3.8) is 0 Å². The van der Waals surface area contributed by atoms with E-state index < -0.39 is 24.0 Å². The van der Waals surface area contributed by atoms with Crippen LogP contribution in [0.15, 0.2) is 0 Å². The van der Waals surface area contributed by atoms with Crippen molar-refractivity contribution in [2.24, 2.45) is 17.2 Å². The Morgan fingerprint density at radius 3 is 1.81 bits per heavy atom. The number of unbranched alkanes of at least 4 members (excludes halogenated alkanes) is 1. The molecule has 96 valence electrons. The molecule has 0 fully saturated rings. The summed E-state index contributed by atoms with van der Waals surface area (Å²) in [5.74, 6) is -1.90. The minimum atomic E-state index is -0.963. The Balaban J connectivity index is 0. The molecule has 0 aromatic heterocycles. The van der Waals surface area contributed by atoms with E-state index in [1.807, 2.05) is 0 Å². The molecule has 0 aliphatic carbocycles. The predicted molar refractivity (Wildman–Crippen MR) is 59.8 cm³/mol. The van der Waals surface area contributed by atoms with Crippen LogP contribution in [-0.2, 0) is 9.59 Å². The first kappa shape index (κ1) is 17.2. The van der Waals surface area contributed by atoms with E-state index in [1.165, 1.54) is 6.92 Å². The zero-order valence-corrected chi connectivity index (χ0v) is 9.43. The number of carbonyl (C=O) groups is 2. The molecular weight excluding hydrogens is 214 g/mol. The summed E-state index contributed by atoms with van der Waals surface area (Å²) in [6.07, 6.45) is 2.16. The van der Waals surface area contributed by atoms with E-state index in [9.17, 15) is 9.59 Å². The Kier molecular flexibility index (Phi) is 11.1. The van der Waals surface area contributed by atoms with E-state index in [4.69, 9.17) is 27.4 Å². The standard InChI is InChI=1S/C6H14N2O2.C3H7NO2/c7-4-2-1-3-5(8)6(9)10;1-2(4)3(5)6/h5H,1-4,7-8H2,(H,9,10);2H,4H2,1H3,(H,5,6)/t5-;2-/m11/s1. The molecule has 0 aliphatic heterocycles. The van der Waals surface area contributed by atoms with Crippen LogP contribution in [0.5, 0.6) is 0 Å². The van der Waals surface area contributed by atoms with Gasteiger partial charge in [0.25, 0.3) is 0 Å². The maximum atomic E-state index is 10.1. The maximum absolute atomic E-state index is 10.1. The van der Waals surface area contributed by atoms with Crippen molar-refractivity contribution in [3.8, 4) is 0 Å². The Bertz CT molecular complexity index is 209. The number of carboxylic acid groups (broad SMARTS) is 2. The Morgan fingerprint density at radius 1 is 1.12 bits per heavy atom. The van der Waals surface area contributed by atoms with Crippen LogP contribution in [0.1, 0.15) is 26.2 Å². The topological polar surface area (TPSA) is 153 Å². The summed E-state index contributed by atoms with van der Waals surface area (Å²) in [5.41, 5.74) is 15.3. The van der Waals surface area contributed by atoms with Gasteiger partial charge in [-0.15, -0.1) is 0 Å². The third kappa shape index (κ3) is 12.8. The van der Waals surface area contributed by atoms with Crippen LogP contribution in [0, 0.1) is 0 Å². The molecular formula is C9H21N3O4. The maximum Gasteiger partial charge on any atom is 0.320 e. The van der Waals surface area contributed by atoms with Gasteiger partial charge in [-0.25, -0.2) is 0 Å².